The third-order valence-electron chi connectivity index (χ3n) is 1.01. The van der Waals surface area contributed by atoms with Gasteiger partial charge in [0.15, 0.2) is 0 Å². The lowest BCUT2D eigenvalue weighted by atomic mass is 10.3. The van der Waals surface area contributed by atoms with Gasteiger partial charge in [-0.05, 0) is 0 Å². The van der Waals surface area contributed by atoms with E-state index in [0.29, 0.717) is 0 Å². The Morgan fingerprint density at radius 3 is 1.36 bits per heavy atom. The molecule has 0 unspecified atom stereocenters. The molecule has 0 aliphatic rings. The molecule has 14 heavy (non-hydrogen) atoms. The van der Waals surface area contributed by atoms with Crippen molar-refractivity contribution in [2.24, 2.45) is 0 Å². The first-order valence-electron chi connectivity index (χ1n) is 2.81. The van der Waals surface area contributed by atoms with Crippen LogP contribution in [0.4, 0.5) is 35.1 Å². The Labute approximate surface area is 71.9 Å². The van der Waals surface area contributed by atoms with Gasteiger partial charge in [0.05, 0.1) is 0 Å². The van der Waals surface area contributed by atoms with Gasteiger partial charge in [-0.2, -0.15) is 30.7 Å². The molecular weight excluding hydrogens is 228 g/mol. The van der Waals surface area contributed by atoms with E-state index in [1.165, 1.54) is 0 Å². The van der Waals surface area contributed by atoms with Crippen molar-refractivity contribution < 1.29 is 39.9 Å². The second kappa shape index (κ2) is 3.62. The highest BCUT2D eigenvalue weighted by molar-refractivity contribution is 4.87. The smallest absolute Gasteiger partial charge is 0.449 e. The summed E-state index contributed by atoms with van der Waals surface area (Å²) in [7, 11) is 0. The van der Waals surface area contributed by atoms with Crippen LogP contribution in [0.3, 0.4) is 0 Å². The summed E-state index contributed by atoms with van der Waals surface area (Å²) in [4.78, 5) is 0. The van der Waals surface area contributed by atoms with Crippen LogP contribution in [0.1, 0.15) is 0 Å². The molecule has 0 aromatic rings. The summed E-state index contributed by atoms with van der Waals surface area (Å²) in [5.74, 6) is -5.90. The van der Waals surface area contributed by atoms with Crippen LogP contribution in [-0.4, -0.2) is 18.2 Å². The van der Waals surface area contributed by atoms with Crippen molar-refractivity contribution in [1.29, 1.82) is 0 Å². The molecule has 0 radical (unpaired) electrons. The summed E-state index contributed by atoms with van der Waals surface area (Å²) in [6.45, 7) is 0. The zero-order valence-electron chi connectivity index (χ0n) is 6.09. The fourth-order valence-corrected chi connectivity index (χ4v) is 0.414. The summed E-state index contributed by atoms with van der Waals surface area (Å²) in [5.41, 5.74) is 0. The predicted octanol–water partition coefficient (Wildman–Crippen LogP) is 3.23. The van der Waals surface area contributed by atoms with Crippen LogP contribution in [0.2, 0.25) is 0 Å². The van der Waals surface area contributed by atoms with Crippen LogP contribution in [0.25, 0.3) is 0 Å². The highest BCUT2D eigenvalue weighted by Crippen LogP contribution is 2.46. The van der Waals surface area contributed by atoms with Crippen molar-refractivity contribution in [1.82, 2.24) is 0 Å². The van der Waals surface area contributed by atoms with Crippen LogP contribution < -0.4 is 0 Å². The molecule has 0 spiro atoms. The molecule has 0 aromatic carbocycles. The van der Waals surface area contributed by atoms with E-state index in [4.69, 9.17) is 0 Å². The topological polar surface area (TPSA) is 9.23 Å². The van der Waals surface area contributed by atoms with E-state index in [2.05, 4.69) is 4.74 Å². The number of rotatable bonds is 2. The Balaban J connectivity index is 5.07. The minimum atomic E-state index is -6.34. The minimum Gasteiger partial charge on any atom is -0.449 e. The molecule has 84 valence electrons. The quantitative estimate of drug-likeness (QED) is 0.522. The maximum Gasteiger partial charge on any atom is 0.470 e. The second-order valence-corrected chi connectivity index (χ2v) is 1.97. The summed E-state index contributed by atoms with van der Waals surface area (Å²) in [5, 5.41) is 0. The molecule has 0 heterocycles. The molecule has 1 nitrogen and oxygen atoms in total. The molecule has 9 heteroatoms. The Morgan fingerprint density at radius 1 is 0.786 bits per heavy atom. The Bertz CT molecular complexity index is 199. The molecule has 0 fully saturated rings. The summed E-state index contributed by atoms with van der Waals surface area (Å²) in [6, 6.07) is 0. The van der Waals surface area contributed by atoms with Crippen molar-refractivity contribution in [3.63, 3.8) is 0 Å². The lowest BCUT2D eigenvalue weighted by Gasteiger charge is -2.28. The number of alkyl halides is 7. The molecule has 0 N–H and O–H groups in total. The Morgan fingerprint density at radius 2 is 1.14 bits per heavy atom. The summed E-state index contributed by atoms with van der Waals surface area (Å²) >= 11 is 0. The van der Waals surface area contributed by atoms with Crippen LogP contribution >= 0.6 is 0 Å². The highest BCUT2D eigenvalue weighted by atomic mass is 19.4. The first-order valence-corrected chi connectivity index (χ1v) is 2.81. The molecule has 0 aromatic heterocycles. The van der Waals surface area contributed by atoms with Gasteiger partial charge >= 0.3 is 18.2 Å². The molecule has 0 rings (SSSR count). The fourth-order valence-electron chi connectivity index (χ4n) is 0.414. The van der Waals surface area contributed by atoms with E-state index < -0.39 is 30.8 Å². The van der Waals surface area contributed by atoms with E-state index in [0.717, 1.165) is 0 Å². The Kier molecular flexibility index (Phi) is 3.35. The van der Waals surface area contributed by atoms with Gasteiger partial charge in [-0.3, -0.25) is 0 Å². The number of halogens is 8. The molecular formula is C5H2F8O. The molecule has 0 aliphatic carbocycles. The van der Waals surface area contributed by atoms with Crippen LogP contribution in [0, 0.1) is 0 Å². The molecule has 0 saturated heterocycles. The summed E-state index contributed by atoms with van der Waals surface area (Å²) in [6.07, 6.45) is -14.2. The van der Waals surface area contributed by atoms with Crippen LogP contribution in [0.15, 0.2) is 12.6 Å². The van der Waals surface area contributed by atoms with E-state index in [9.17, 15) is 35.1 Å². The fraction of sp³-hybridized carbons (Fsp3) is 0.600. The molecule has 0 bridgehead atoms. The van der Waals surface area contributed by atoms with Gasteiger partial charge in [-0.15, -0.1) is 0 Å². The Hall–Kier alpha value is -1.02. The van der Waals surface area contributed by atoms with Crippen LogP contribution in [0.5, 0.6) is 0 Å². The lowest BCUT2D eigenvalue weighted by Crippen LogP contribution is -2.54. The van der Waals surface area contributed by atoms with Crippen molar-refractivity contribution in [3.8, 4) is 0 Å². The highest BCUT2D eigenvalue weighted by Gasteiger charge is 2.75. The van der Waals surface area contributed by atoms with Gasteiger partial charge in [-0.25, -0.2) is 4.39 Å². The maximum absolute atomic E-state index is 12.3. The standard InChI is InChI=1S/C5H2F8O/c6-1-2-14-3(7,4(8,9)10)5(11,12)13/h1-2H/b2-1-. The number of ether oxygens (including phenoxy) is 1. The van der Waals surface area contributed by atoms with Gasteiger partial charge in [-0.1, -0.05) is 0 Å². The zero-order chi connectivity index (χ0) is 11.6. The predicted molar refractivity (Wildman–Crippen MR) is 27.3 cm³/mol. The number of hydrogen-bond donors (Lipinski definition) is 0. The minimum absolute atomic E-state index is 0.680. The molecule has 0 aliphatic heterocycles. The SMILES string of the molecule is F/C=C\OC(F)(C(F)(F)F)C(F)(F)F. The third-order valence-corrected chi connectivity index (χ3v) is 1.01. The van der Waals surface area contributed by atoms with Crippen molar-refractivity contribution in [2.45, 2.75) is 18.2 Å². The molecule has 0 atom stereocenters. The first-order chi connectivity index (χ1) is 6.06. The average molecular weight is 230 g/mol. The summed E-state index contributed by atoms with van der Waals surface area (Å²) < 4.78 is 95.3. The largest absolute Gasteiger partial charge is 0.470 e. The first kappa shape index (κ1) is 13.0. The van der Waals surface area contributed by atoms with E-state index in [1.54, 1.807) is 0 Å². The molecule has 0 saturated carbocycles. The van der Waals surface area contributed by atoms with Crippen LogP contribution in [-0.2, 0) is 4.74 Å². The van der Waals surface area contributed by atoms with Gasteiger partial charge in [0, 0.05) is 0 Å². The number of hydrogen-bond acceptors (Lipinski definition) is 1. The monoisotopic (exact) mass is 230 g/mol. The van der Waals surface area contributed by atoms with E-state index in [-0.39, 0.29) is 0 Å². The van der Waals surface area contributed by atoms with Crippen molar-refractivity contribution >= 4 is 0 Å². The van der Waals surface area contributed by atoms with Gasteiger partial charge in [0.2, 0.25) is 0 Å². The van der Waals surface area contributed by atoms with Crippen molar-refractivity contribution in [2.75, 3.05) is 0 Å². The van der Waals surface area contributed by atoms with E-state index >= 15 is 0 Å². The van der Waals surface area contributed by atoms with Gasteiger partial charge in [0.25, 0.3) is 0 Å². The average Bonchev–Trinajstić information content (AvgIpc) is 1.95. The third kappa shape index (κ3) is 2.26. The lowest BCUT2D eigenvalue weighted by molar-refractivity contribution is -0.417. The van der Waals surface area contributed by atoms with Gasteiger partial charge < -0.3 is 4.74 Å². The van der Waals surface area contributed by atoms with Crippen molar-refractivity contribution in [3.05, 3.63) is 12.6 Å². The normalized spacial score (nSPS) is 14.9. The zero-order valence-corrected chi connectivity index (χ0v) is 6.09. The van der Waals surface area contributed by atoms with Gasteiger partial charge in [0.1, 0.15) is 12.6 Å². The maximum atomic E-state index is 12.3. The molecule has 0 amide bonds. The van der Waals surface area contributed by atoms with E-state index in [1.807, 2.05) is 0 Å². The second-order valence-electron chi connectivity index (χ2n) is 1.97.